The van der Waals surface area contributed by atoms with Gasteiger partial charge in [0.1, 0.15) is 17.0 Å². The number of nitrogens with zero attached hydrogens (tertiary/aromatic N) is 3. The van der Waals surface area contributed by atoms with E-state index in [-0.39, 0.29) is 5.60 Å². The fourth-order valence-electron chi connectivity index (χ4n) is 4.24. The van der Waals surface area contributed by atoms with Crippen molar-refractivity contribution in [3.8, 4) is 11.5 Å². The topological polar surface area (TPSA) is 78.4 Å². The van der Waals surface area contributed by atoms with E-state index < -0.39 is 0 Å². The van der Waals surface area contributed by atoms with Crippen LogP contribution in [0, 0.1) is 0 Å². The molecule has 1 aliphatic rings. The molecule has 0 saturated carbocycles. The zero-order valence-corrected chi connectivity index (χ0v) is 20.9. The van der Waals surface area contributed by atoms with E-state index in [1.807, 2.05) is 12.1 Å². The summed E-state index contributed by atoms with van der Waals surface area (Å²) in [6.07, 6.45) is 4.23. The van der Waals surface area contributed by atoms with Crippen LogP contribution in [-0.2, 0) is 24.2 Å². The second-order valence-electron chi connectivity index (χ2n) is 9.18. The molecule has 0 bridgehead atoms. The van der Waals surface area contributed by atoms with E-state index in [0.717, 1.165) is 74.8 Å². The fraction of sp³-hybridized carbons (Fsp3) is 0.423. The van der Waals surface area contributed by atoms with Gasteiger partial charge in [0.15, 0.2) is 11.5 Å². The van der Waals surface area contributed by atoms with Crippen LogP contribution < -0.4 is 14.8 Å². The molecule has 0 radical (unpaired) electrons. The number of methoxy groups -OCH3 is 1. The number of aromatic nitrogens is 3. The third kappa shape index (κ3) is 4.52. The number of fused-ring (bicyclic) bond motifs is 4. The second kappa shape index (κ2) is 9.35. The molecule has 0 unspecified atom stereocenters. The number of nitrogens with one attached hydrogen (secondary N) is 1. The summed E-state index contributed by atoms with van der Waals surface area (Å²) in [5.74, 6) is 2.40. The number of rotatable bonds is 8. The molecular formula is C26H30N4O3S. The molecule has 1 aliphatic heterocycles. The Morgan fingerprint density at radius 1 is 1.18 bits per heavy atom. The molecule has 0 atom stereocenters. The van der Waals surface area contributed by atoms with E-state index in [1.54, 1.807) is 24.8 Å². The van der Waals surface area contributed by atoms with Crippen molar-refractivity contribution in [1.82, 2.24) is 15.0 Å². The highest BCUT2D eigenvalue weighted by molar-refractivity contribution is 7.25. The van der Waals surface area contributed by atoms with Crippen LogP contribution in [0.3, 0.4) is 0 Å². The molecule has 3 aromatic heterocycles. The van der Waals surface area contributed by atoms with Crippen LogP contribution in [0.4, 0.5) is 5.82 Å². The van der Waals surface area contributed by atoms with Crippen molar-refractivity contribution in [2.24, 2.45) is 0 Å². The van der Waals surface area contributed by atoms with E-state index in [4.69, 9.17) is 19.2 Å². The fourth-order valence-corrected chi connectivity index (χ4v) is 5.33. The average molecular weight is 479 g/mol. The molecule has 8 heteroatoms. The van der Waals surface area contributed by atoms with E-state index in [9.17, 15) is 0 Å². The Morgan fingerprint density at radius 2 is 2.06 bits per heavy atom. The van der Waals surface area contributed by atoms with E-state index in [2.05, 4.69) is 48.2 Å². The van der Waals surface area contributed by atoms with Gasteiger partial charge in [-0.15, -0.1) is 11.3 Å². The van der Waals surface area contributed by atoms with Gasteiger partial charge in [0.2, 0.25) is 0 Å². The van der Waals surface area contributed by atoms with Crippen LogP contribution in [0.25, 0.3) is 20.4 Å². The Morgan fingerprint density at radius 3 is 2.88 bits per heavy atom. The molecular weight excluding hydrogens is 448 g/mol. The highest BCUT2D eigenvalue weighted by Gasteiger charge is 2.28. The second-order valence-corrected chi connectivity index (χ2v) is 10.2. The summed E-state index contributed by atoms with van der Waals surface area (Å²) in [4.78, 5) is 15.1. The number of anilines is 1. The molecule has 0 fully saturated rings. The molecule has 4 aromatic rings. The van der Waals surface area contributed by atoms with Crippen LogP contribution in [0.5, 0.6) is 11.5 Å². The highest BCUT2D eigenvalue weighted by atomic mass is 32.1. The minimum atomic E-state index is -0.181. The summed E-state index contributed by atoms with van der Waals surface area (Å²) in [7, 11) is 1.67. The van der Waals surface area contributed by atoms with Crippen LogP contribution in [0.15, 0.2) is 30.6 Å². The van der Waals surface area contributed by atoms with Gasteiger partial charge in [0.25, 0.3) is 0 Å². The van der Waals surface area contributed by atoms with E-state index in [1.165, 1.54) is 5.56 Å². The SMILES string of the molecule is CCCOc1ccc(CCNc2ncnc3c2sc2nc4c(cc23)COC(C)(C)C4)cc1OC. The van der Waals surface area contributed by atoms with Crippen molar-refractivity contribution in [1.29, 1.82) is 0 Å². The number of hydrogen-bond acceptors (Lipinski definition) is 8. The predicted octanol–water partition coefficient (Wildman–Crippen LogP) is 5.54. The summed E-state index contributed by atoms with van der Waals surface area (Å²) >= 11 is 1.65. The Hall–Kier alpha value is -2.97. The minimum Gasteiger partial charge on any atom is -0.493 e. The summed E-state index contributed by atoms with van der Waals surface area (Å²) in [6.45, 7) is 8.32. The summed E-state index contributed by atoms with van der Waals surface area (Å²) in [6, 6.07) is 8.30. The molecule has 34 heavy (non-hydrogen) atoms. The maximum atomic E-state index is 5.99. The number of hydrogen-bond donors (Lipinski definition) is 1. The molecule has 4 heterocycles. The molecule has 5 rings (SSSR count). The Kier molecular flexibility index (Phi) is 6.27. The van der Waals surface area contributed by atoms with Crippen molar-refractivity contribution in [2.75, 3.05) is 25.6 Å². The molecule has 7 nitrogen and oxygen atoms in total. The molecule has 1 aromatic carbocycles. The van der Waals surface area contributed by atoms with Gasteiger partial charge < -0.3 is 19.5 Å². The van der Waals surface area contributed by atoms with E-state index in [0.29, 0.717) is 13.2 Å². The minimum absolute atomic E-state index is 0.181. The van der Waals surface area contributed by atoms with Crippen molar-refractivity contribution in [3.63, 3.8) is 0 Å². The van der Waals surface area contributed by atoms with Gasteiger partial charge in [-0.3, -0.25) is 0 Å². The van der Waals surface area contributed by atoms with Crippen molar-refractivity contribution in [3.05, 3.63) is 47.4 Å². The summed E-state index contributed by atoms with van der Waals surface area (Å²) in [5, 5.41) is 4.57. The van der Waals surface area contributed by atoms with Gasteiger partial charge in [-0.05, 0) is 50.5 Å². The van der Waals surface area contributed by atoms with Gasteiger partial charge in [-0.2, -0.15) is 0 Å². The lowest BCUT2D eigenvalue weighted by Gasteiger charge is -2.30. The average Bonchev–Trinajstić information content (AvgIpc) is 3.19. The number of benzene rings is 1. The van der Waals surface area contributed by atoms with Crippen molar-refractivity contribution in [2.45, 2.75) is 52.2 Å². The first-order valence-electron chi connectivity index (χ1n) is 11.7. The van der Waals surface area contributed by atoms with Gasteiger partial charge in [-0.1, -0.05) is 13.0 Å². The van der Waals surface area contributed by atoms with Gasteiger partial charge in [-0.25, -0.2) is 15.0 Å². The van der Waals surface area contributed by atoms with Crippen LogP contribution >= 0.6 is 11.3 Å². The molecule has 178 valence electrons. The molecule has 0 amide bonds. The third-order valence-electron chi connectivity index (χ3n) is 6.02. The standard InChI is InChI=1S/C26H30N4O3S/c1-5-10-32-20-7-6-16(11-21(20)31-4)8-9-27-24-23-22(28-15-29-24)18-12-17-14-33-26(2,3)13-19(17)30-25(18)34-23/h6-7,11-12,15H,5,8-10,13-14H2,1-4H3,(H,27,28,29). The highest BCUT2D eigenvalue weighted by Crippen LogP contribution is 2.38. The smallest absolute Gasteiger partial charge is 0.161 e. The largest absolute Gasteiger partial charge is 0.493 e. The first-order chi connectivity index (χ1) is 16.5. The van der Waals surface area contributed by atoms with Gasteiger partial charge >= 0.3 is 0 Å². The molecule has 1 N–H and O–H groups in total. The van der Waals surface area contributed by atoms with E-state index >= 15 is 0 Å². The monoisotopic (exact) mass is 478 g/mol. The quantitative estimate of drug-likeness (QED) is 0.356. The molecule has 0 aliphatic carbocycles. The van der Waals surface area contributed by atoms with Gasteiger partial charge in [0.05, 0.1) is 41.8 Å². The maximum absolute atomic E-state index is 5.99. The zero-order valence-electron chi connectivity index (χ0n) is 20.1. The number of ether oxygens (including phenoxy) is 3. The molecule has 0 saturated heterocycles. The van der Waals surface area contributed by atoms with Crippen molar-refractivity contribution >= 4 is 37.6 Å². The number of thiophene rings is 1. The third-order valence-corrected chi connectivity index (χ3v) is 7.12. The maximum Gasteiger partial charge on any atom is 0.161 e. The predicted molar refractivity (Wildman–Crippen MR) is 136 cm³/mol. The first-order valence-corrected chi connectivity index (χ1v) is 12.5. The Bertz CT molecular complexity index is 1330. The summed E-state index contributed by atoms with van der Waals surface area (Å²) in [5.41, 5.74) is 4.21. The zero-order chi connectivity index (χ0) is 23.7. The summed E-state index contributed by atoms with van der Waals surface area (Å²) < 4.78 is 18.3. The molecule has 0 spiro atoms. The lowest BCUT2D eigenvalue weighted by atomic mass is 9.95. The Balaban J connectivity index is 1.35. The lowest BCUT2D eigenvalue weighted by molar-refractivity contribution is -0.0411. The normalized spacial score (nSPS) is 14.8. The Labute approximate surface area is 203 Å². The first kappa shape index (κ1) is 22.8. The number of pyridine rings is 1. The lowest BCUT2D eigenvalue weighted by Crippen LogP contribution is -2.32. The van der Waals surface area contributed by atoms with Crippen molar-refractivity contribution < 1.29 is 14.2 Å². The van der Waals surface area contributed by atoms with Crippen LogP contribution in [0.2, 0.25) is 0 Å². The van der Waals surface area contributed by atoms with Crippen LogP contribution in [0.1, 0.15) is 44.0 Å². The van der Waals surface area contributed by atoms with Crippen LogP contribution in [-0.4, -0.2) is 40.8 Å². The van der Waals surface area contributed by atoms with Gasteiger partial charge in [0, 0.05) is 23.9 Å².